The van der Waals surface area contributed by atoms with Crippen molar-refractivity contribution in [3.63, 3.8) is 0 Å². The molecule has 0 atom stereocenters. The summed E-state index contributed by atoms with van der Waals surface area (Å²) in [6.07, 6.45) is 0. The molecule has 9 aromatic carbocycles. The highest BCUT2D eigenvalue weighted by molar-refractivity contribution is 7.26. The molecule has 4 heteroatoms. The Labute approximate surface area is 338 Å². The topological polar surface area (TPSA) is 21.3 Å². The Morgan fingerprint density at radius 1 is 0.397 bits per heavy atom. The second-order valence-corrected chi connectivity index (χ2v) is 16.0. The molecule has 3 heterocycles. The summed E-state index contributed by atoms with van der Waals surface area (Å²) in [5.74, 6) is 0. The van der Waals surface area contributed by atoms with Crippen LogP contribution in [0.5, 0.6) is 0 Å². The molecule has 272 valence electrons. The van der Waals surface area contributed by atoms with Gasteiger partial charge in [-0.25, -0.2) is 0 Å². The van der Waals surface area contributed by atoms with Gasteiger partial charge >= 0.3 is 0 Å². The van der Waals surface area contributed by atoms with Crippen molar-refractivity contribution in [2.24, 2.45) is 0 Å². The highest BCUT2D eigenvalue weighted by Crippen LogP contribution is 2.46. The second-order valence-electron chi connectivity index (χ2n) is 14.9. The van der Waals surface area contributed by atoms with Gasteiger partial charge in [0.2, 0.25) is 0 Å². The standard InChI is InChI=1S/C54H34N2OS/c1-6-20-46(56-47-21-7-2-16-41(47)42-17-3-8-22-48(42)56)40(15-1)37-14-11-13-36(33-37)35-27-29-38(30-28-35)55(39-31-32-44-43-18-4-9-24-50(43)57-51(44)34-39)49-23-12-26-53-54(49)45-19-5-10-25-52(45)58-53/h1-34H. The fourth-order valence-electron chi connectivity index (χ4n) is 8.99. The molecule has 12 rings (SSSR count). The van der Waals surface area contributed by atoms with Gasteiger partial charge in [-0.1, -0.05) is 127 Å². The SMILES string of the molecule is c1cc(-c2ccc(N(c3ccc4c(c3)oc3ccccc34)c3cccc4sc5ccccc5c34)cc2)cc(-c2ccccc2-n2c3ccccc3c3ccccc32)c1. The molecule has 0 aliphatic carbocycles. The van der Waals surface area contributed by atoms with Gasteiger partial charge < -0.3 is 13.9 Å². The summed E-state index contributed by atoms with van der Waals surface area (Å²) < 4.78 is 11.4. The zero-order valence-corrected chi connectivity index (χ0v) is 32.2. The molecule has 0 aliphatic rings. The molecule has 0 radical (unpaired) electrons. The van der Waals surface area contributed by atoms with Crippen LogP contribution in [0, 0.1) is 0 Å². The smallest absolute Gasteiger partial charge is 0.137 e. The first-order valence-electron chi connectivity index (χ1n) is 19.7. The predicted molar refractivity (Wildman–Crippen MR) is 247 cm³/mol. The monoisotopic (exact) mass is 758 g/mol. The molecule has 3 aromatic heterocycles. The van der Waals surface area contributed by atoms with Crippen LogP contribution in [-0.4, -0.2) is 4.57 Å². The fraction of sp³-hybridized carbons (Fsp3) is 0. The van der Waals surface area contributed by atoms with Crippen LogP contribution in [0.1, 0.15) is 0 Å². The first kappa shape index (κ1) is 32.8. The van der Waals surface area contributed by atoms with Gasteiger partial charge in [0.25, 0.3) is 0 Å². The molecule has 0 N–H and O–H groups in total. The summed E-state index contributed by atoms with van der Waals surface area (Å²) in [7, 11) is 0. The van der Waals surface area contributed by atoms with E-state index in [2.05, 4.69) is 204 Å². The summed E-state index contributed by atoms with van der Waals surface area (Å²) in [4.78, 5) is 2.39. The van der Waals surface area contributed by atoms with Gasteiger partial charge in [-0.05, 0) is 89.5 Å². The Morgan fingerprint density at radius 2 is 1.02 bits per heavy atom. The van der Waals surface area contributed by atoms with Crippen LogP contribution in [-0.2, 0) is 0 Å². The first-order valence-corrected chi connectivity index (χ1v) is 20.5. The Bertz CT molecular complexity index is 3480. The minimum Gasteiger partial charge on any atom is -0.456 e. The van der Waals surface area contributed by atoms with Crippen LogP contribution < -0.4 is 4.90 Å². The van der Waals surface area contributed by atoms with E-state index in [1.165, 1.54) is 64.4 Å². The molecular formula is C54H34N2OS. The Kier molecular flexibility index (Phi) is 7.40. The fourth-order valence-corrected chi connectivity index (χ4v) is 10.1. The lowest BCUT2D eigenvalue weighted by atomic mass is 9.97. The molecule has 0 saturated heterocycles. The number of fused-ring (bicyclic) bond motifs is 9. The van der Waals surface area contributed by atoms with E-state index < -0.39 is 0 Å². The van der Waals surface area contributed by atoms with Crippen molar-refractivity contribution >= 4 is 92.3 Å². The summed E-state index contributed by atoms with van der Waals surface area (Å²) in [6.45, 7) is 0. The van der Waals surface area contributed by atoms with Gasteiger partial charge in [0.05, 0.1) is 22.4 Å². The summed E-state index contributed by atoms with van der Waals surface area (Å²) >= 11 is 1.84. The number of aromatic nitrogens is 1. The third-order valence-electron chi connectivity index (χ3n) is 11.6. The Hall–Kier alpha value is -7.40. The Balaban J connectivity index is 0.981. The normalized spacial score (nSPS) is 11.8. The van der Waals surface area contributed by atoms with E-state index in [-0.39, 0.29) is 0 Å². The number of para-hydroxylation sites is 4. The lowest BCUT2D eigenvalue weighted by Crippen LogP contribution is -2.10. The minimum atomic E-state index is 0.876. The summed E-state index contributed by atoms with van der Waals surface area (Å²) in [5.41, 5.74) is 13.3. The van der Waals surface area contributed by atoms with E-state index >= 15 is 0 Å². The zero-order valence-electron chi connectivity index (χ0n) is 31.3. The van der Waals surface area contributed by atoms with Gasteiger partial charge in [0.15, 0.2) is 0 Å². The lowest BCUT2D eigenvalue weighted by Gasteiger charge is -2.26. The molecule has 0 spiro atoms. The third kappa shape index (κ3) is 5.12. The van der Waals surface area contributed by atoms with Crippen molar-refractivity contribution < 1.29 is 4.42 Å². The number of anilines is 3. The van der Waals surface area contributed by atoms with E-state index in [0.29, 0.717) is 0 Å². The highest BCUT2D eigenvalue weighted by Gasteiger charge is 2.21. The molecular weight excluding hydrogens is 725 g/mol. The minimum absolute atomic E-state index is 0.876. The number of benzene rings is 9. The molecule has 0 unspecified atom stereocenters. The van der Waals surface area contributed by atoms with E-state index in [9.17, 15) is 0 Å². The van der Waals surface area contributed by atoms with Crippen molar-refractivity contribution in [3.05, 3.63) is 206 Å². The third-order valence-corrected chi connectivity index (χ3v) is 12.7. The largest absolute Gasteiger partial charge is 0.456 e. The van der Waals surface area contributed by atoms with Crippen molar-refractivity contribution in [1.29, 1.82) is 0 Å². The van der Waals surface area contributed by atoms with Crippen LogP contribution >= 0.6 is 11.3 Å². The number of nitrogens with zero attached hydrogens (tertiary/aromatic N) is 2. The number of rotatable bonds is 6. The van der Waals surface area contributed by atoms with Crippen molar-refractivity contribution in [3.8, 4) is 27.9 Å². The Morgan fingerprint density at radius 3 is 1.84 bits per heavy atom. The molecule has 0 aliphatic heterocycles. The van der Waals surface area contributed by atoms with E-state index in [1.807, 2.05) is 23.5 Å². The van der Waals surface area contributed by atoms with Gasteiger partial charge in [-0.2, -0.15) is 0 Å². The van der Waals surface area contributed by atoms with Crippen LogP contribution in [0.2, 0.25) is 0 Å². The lowest BCUT2D eigenvalue weighted by molar-refractivity contribution is 0.669. The first-order chi connectivity index (χ1) is 28.8. The van der Waals surface area contributed by atoms with Crippen LogP contribution in [0.4, 0.5) is 17.1 Å². The maximum atomic E-state index is 6.43. The van der Waals surface area contributed by atoms with E-state index in [0.717, 1.165) is 44.6 Å². The quantitative estimate of drug-likeness (QED) is 0.168. The van der Waals surface area contributed by atoms with Crippen LogP contribution in [0.25, 0.3) is 91.9 Å². The van der Waals surface area contributed by atoms with Gasteiger partial charge in [0.1, 0.15) is 11.2 Å². The van der Waals surface area contributed by atoms with Gasteiger partial charge in [-0.3, -0.25) is 0 Å². The van der Waals surface area contributed by atoms with Crippen molar-refractivity contribution in [2.45, 2.75) is 0 Å². The number of furan rings is 1. The highest BCUT2D eigenvalue weighted by atomic mass is 32.1. The number of thiophene rings is 1. The molecule has 58 heavy (non-hydrogen) atoms. The average molecular weight is 759 g/mol. The number of hydrogen-bond acceptors (Lipinski definition) is 3. The molecule has 12 aromatic rings. The maximum absolute atomic E-state index is 6.43. The van der Waals surface area contributed by atoms with Crippen molar-refractivity contribution in [2.75, 3.05) is 4.90 Å². The van der Waals surface area contributed by atoms with Crippen LogP contribution in [0.15, 0.2) is 211 Å². The van der Waals surface area contributed by atoms with E-state index in [1.54, 1.807) is 0 Å². The summed E-state index contributed by atoms with van der Waals surface area (Å²) in [6, 6.07) is 74.4. The van der Waals surface area contributed by atoms with Gasteiger partial charge in [0, 0.05) is 64.7 Å². The molecule has 3 nitrogen and oxygen atoms in total. The van der Waals surface area contributed by atoms with Crippen LogP contribution in [0.3, 0.4) is 0 Å². The molecule has 0 saturated carbocycles. The number of hydrogen-bond donors (Lipinski definition) is 0. The molecule has 0 fully saturated rings. The van der Waals surface area contributed by atoms with Crippen molar-refractivity contribution in [1.82, 2.24) is 4.57 Å². The predicted octanol–water partition coefficient (Wildman–Crippen LogP) is 15.9. The van der Waals surface area contributed by atoms with Gasteiger partial charge in [-0.15, -0.1) is 11.3 Å². The molecule has 0 bridgehead atoms. The molecule has 0 amide bonds. The zero-order chi connectivity index (χ0) is 38.2. The summed E-state index contributed by atoms with van der Waals surface area (Å²) in [5, 5.41) is 7.29. The second kappa shape index (κ2) is 13.1. The van der Waals surface area contributed by atoms with E-state index in [4.69, 9.17) is 4.42 Å². The average Bonchev–Trinajstić information content (AvgIpc) is 3.96. The maximum Gasteiger partial charge on any atom is 0.137 e.